The molecule has 0 unspecified atom stereocenters. The molecular weight excluding hydrogens is 551 g/mol. The van der Waals surface area contributed by atoms with E-state index in [1.165, 1.54) is 26.2 Å². The molecule has 4 aromatic rings. The lowest BCUT2D eigenvalue weighted by molar-refractivity contribution is -0.0591. The molecule has 0 spiro atoms. The van der Waals surface area contributed by atoms with Crippen molar-refractivity contribution in [3.8, 4) is 5.88 Å². The first-order valence-corrected chi connectivity index (χ1v) is 14.4. The molecule has 2 aliphatic rings. The number of pyridine rings is 1. The molecule has 2 aromatic heterocycles. The van der Waals surface area contributed by atoms with E-state index in [-0.39, 0.29) is 30.0 Å². The molecule has 1 saturated heterocycles. The van der Waals surface area contributed by atoms with Gasteiger partial charge in [-0.2, -0.15) is 0 Å². The molecule has 9 nitrogen and oxygen atoms in total. The number of carbonyl (C=O) groups excluding carboxylic acids is 2. The lowest BCUT2D eigenvalue weighted by atomic mass is 10.0. The minimum absolute atomic E-state index is 0.0690. The maximum Gasteiger partial charge on any atom is 0.337 e. The summed E-state index contributed by atoms with van der Waals surface area (Å²) in [7, 11) is 1.38. The van der Waals surface area contributed by atoms with Crippen LogP contribution in [-0.2, 0) is 29.2 Å². The Balaban J connectivity index is 1.13. The number of rotatable bonds is 10. The number of methoxy groups -OCH3 is 1. The average Bonchev–Trinajstić information content (AvgIpc) is 3.33. The highest BCUT2D eigenvalue weighted by Crippen LogP contribution is 2.27. The first kappa shape index (κ1) is 28.7. The third-order valence-electron chi connectivity index (χ3n) is 7.94. The minimum atomic E-state index is -0.551. The number of hydrogen-bond donors (Lipinski definition) is 0. The summed E-state index contributed by atoms with van der Waals surface area (Å²) < 4.78 is 32.8. The van der Waals surface area contributed by atoms with Crippen LogP contribution in [0.3, 0.4) is 0 Å². The Morgan fingerprint density at radius 2 is 1.98 bits per heavy atom. The molecule has 10 heteroatoms. The van der Waals surface area contributed by atoms with Crippen molar-refractivity contribution >= 4 is 28.4 Å². The first-order valence-electron chi connectivity index (χ1n) is 14.4. The number of carbonyl (C=O) groups is 2. The van der Waals surface area contributed by atoms with E-state index in [4.69, 9.17) is 19.2 Å². The van der Waals surface area contributed by atoms with Crippen molar-refractivity contribution in [3.63, 3.8) is 0 Å². The number of esters is 1. The predicted octanol–water partition coefficient (Wildman–Crippen LogP) is 5.22. The van der Waals surface area contributed by atoms with Crippen molar-refractivity contribution in [2.45, 2.75) is 45.6 Å². The van der Waals surface area contributed by atoms with Crippen molar-refractivity contribution in [3.05, 3.63) is 94.7 Å². The number of fused-ring (bicyclic) bond motifs is 1. The van der Waals surface area contributed by atoms with Crippen LogP contribution in [0.5, 0.6) is 5.88 Å². The largest absolute Gasteiger partial charge is 0.473 e. The van der Waals surface area contributed by atoms with Crippen molar-refractivity contribution in [1.82, 2.24) is 19.4 Å². The smallest absolute Gasteiger partial charge is 0.337 e. The average molecular weight is 585 g/mol. The Bertz CT molecular complexity index is 1710. The summed E-state index contributed by atoms with van der Waals surface area (Å²) >= 11 is 0. The lowest BCUT2D eigenvalue weighted by Crippen LogP contribution is -2.33. The molecule has 222 valence electrons. The number of ether oxygens (including phenoxy) is 3. The van der Waals surface area contributed by atoms with Gasteiger partial charge in [-0.3, -0.25) is 9.69 Å². The van der Waals surface area contributed by atoms with Gasteiger partial charge in [-0.1, -0.05) is 18.2 Å². The van der Waals surface area contributed by atoms with Gasteiger partial charge in [-0.15, -0.1) is 0 Å². The molecule has 0 N–H and O–H groups in total. The van der Waals surface area contributed by atoms with Crippen LogP contribution < -0.4 is 4.74 Å². The topological polar surface area (TPSA) is 95.8 Å². The number of halogens is 1. The molecule has 0 amide bonds. The van der Waals surface area contributed by atoms with E-state index >= 15 is 0 Å². The zero-order valence-corrected chi connectivity index (χ0v) is 24.2. The standard InChI is InChI=1S/C33H33FN4O5/c1-21(39)26-8-6-22(16-27(26)34)20-43-32-5-3-4-28(36-32)23-10-13-37(14-11-23)19-31-35-29-9-7-24(33(40)41-2)17-30(29)38(31)18-25-12-15-42-25/h3-10,16-17,25H,11-15,18-20H2,1-2H3/t25-/m0/s1. The highest BCUT2D eigenvalue weighted by molar-refractivity contribution is 5.94. The number of hydrogen-bond acceptors (Lipinski definition) is 8. The van der Waals surface area contributed by atoms with Crippen molar-refractivity contribution < 1.29 is 28.2 Å². The van der Waals surface area contributed by atoms with Gasteiger partial charge in [0.15, 0.2) is 5.78 Å². The second kappa shape index (κ2) is 12.4. The van der Waals surface area contributed by atoms with Crippen molar-refractivity contribution in [1.29, 1.82) is 0 Å². The number of nitrogens with zero attached hydrogens (tertiary/aromatic N) is 4. The van der Waals surface area contributed by atoms with E-state index in [1.54, 1.807) is 18.2 Å². The van der Waals surface area contributed by atoms with Crippen LogP contribution in [0, 0.1) is 5.82 Å². The molecule has 6 rings (SSSR count). The molecule has 4 heterocycles. The Hall–Kier alpha value is -4.41. The summed E-state index contributed by atoms with van der Waals surface area (Å²) in [4.78, 5) is 35.6. The van der Waals surface area contributed by atoms with Gasteiger partial charge < -0.3 is 18.8 Å². The van der Waals surface area contributed by atoms with Gasteiger partial charge >= 0.3 is 5.97 Å². The second-order valence-corrected chi connectivity index (χ2v) is 10.8. The van der Waals surface area contributed by atoms with Gasteiger partial charge in [0.25, 0.3) is 0 Å². The van der Waals surface area contributed by atoms with Crippen LogP contribution in [0.2, 0.25) is 0 Å². The van der Waals surface area contributed by atoms with Crippen LogP contribution in [-0.4, -0.2) is 64.1 Å². The Morgan fingerprint density at radius 1 is 1.12 bits per heavy atom. The van der Waals surface area contributed by atoms with E-state index in [0.717, 1.165) is 60.7 Å². The van der Waals surface area contributed by atoms with E-state index in [9.17, 15) is 14.0 Å². The molecule has 43 heavy (non-hydrogen) atoms. The summed E-state index contributed by atoms with van der Waals surface area (Å²) in [5.41, 5.74) is 4.92. The molecular formula is C33H33FN4O5. The van der Waals surface area contributed by atoms with Gasteiger partial charge in [0.05, 0.1) is 54.2 Å². The summed E-state index contributed by atoms with van der Waals surface area (Å²) in [6, 6.07) is 15.6. The van der Waals surface area contributed by atoms with Crippen LogP contribution in [0.25, 0.3) is 16.6 Å². The van der Waals surface area contributed by atoms with E-state index < -0.39 is 5.82 Å². The molecule has 0 aliphatic carbocycles. The lowest BCUT2D eigenvalue weighted by Gasteiger charge is -2.29. The Kier molecular flexibility index (Phi) is 8.31. The number of benzene rings is 2. The molecule has 0 bridgehead atoms. The van der Waals surface area contributed by atoms with Crippen LogP contribution in [0.4, 0.5) is 4.39 Å². The number of aromatic nitrogens is 3. The Morgan fingerprint density at radius 3 is 2.67 bits per heavy atom. The highest BCUT2D eigenvalue weighted by atomic mass is 19.1. The van der Waals surface area contributed by atoms with E-state index in [2.05, 4.69) is 20.5 Å². The fourth-order valence-corrected chi connectivity index (χ4v) is 5.43. The van der Waals surface area contributed by atoms with Gasteiger partial charge in [0.2, 0.25) is 5.88 Å². The van der Waals surface area contributed by atoms with Gasteiger partial charge in [0, 0.05) is 25.8 Å². The number of Topliss-reactive ketones (excluding diaryl/α,β-unsaturated/α-hetero) is 1. The quantitative estimate of drug-likeness (QED) is 0.185. The molecule has 2 aliphatic heterocycles. The molecule has 0 radical (unpaired) electrons. The molecule has 0 saturated carbocycles. The molecule has 1 fully saturated rings. The highest BCUT2D eigenvalue weighted by Gasteiger charge is 2.24. The number of imidazole rings is 1. The molecule has 2 aromatic carbocycles. The van der Waals surface area contributed by atoms with Crippen LogP contribution >= 0.6 is 0 Å². The van der Waals surface area contributed by atoms with E-state index in [1.807, 2.05) is 24.3 Å². The fourth-order valence-electron chi connectivity index (χ4n) is 5.43. The zero-order valence-electron chi connectivity index (χ0n) is 24.2. The van der Waals surface area contributed by atoms with Gasteiger partial charge in [-0.25, -0.2) is 19.2 Å². The first-order chi connectivity index (χ1) is 20.9. The summed E-state index contributed by atoms with van der Waals surface area (Å²) in [5, 5.41) is 0. The summed E-state index contributed by atoms with van der Waals surface area (Å²) in [6.45, 7) is 5.18. The van der Waals surface area contributed by atoms with Crippen LogP contribution in [0.1, 0.15) is 57.6 Å². The third kappa shape index (κ3) is 6.35. The van der Waals surface area contributed by atoms with Crippen LogP contribution in [0.15, 0.2) is 60.7 Å². The monoisotopic (exact) mass is 584 g/mol. The van der Waals surface area contributed by atoms with Crippen molar-refractivity contribution in [2.75, 3.05) is 26.8 Å². The normalized spacial score (nSPS) is 16.9. The number of ketones is 1. The Labute approximate surface area is 248 Å². The SMILES string of the molecule is COC(=O)c1ccc2nc(CN3CC=C(c4cccc(OCc5ccc(C(C)=O)c(F)c5)n4)CC3)n(C[C@@H]3CCO3)c2c1. The fraction of sp³-hybridized carbons (Fsp3) is 0.333. The zero-order chi connectivity index (χ0) is 29.9. The minimum Gasteiger partial charge on any atom is -0.473 e. The molecule has 1 atom stereocenters. The van der Waals surface area contributed by atoms with Gasteiger partial charge in [0.1, 0.15) is 18.2 Å². The van der Waals surface area contributed by atoms with Crippen molar-refractivity contribution in [2.24, 2.45) is 0 Å². The second-order valence-electron chi connectivity index (χ2n) is 10.8. The predicted molar refractivity (Wildman–Crippen MR) is 158 cm³/mol. The maximum atomic E-state index is 14.2. The van der Waals surface area contributed by atoms with Gasteiger partial charge in [-0.05, 0) is 67.3 Å². The third-order valence-corrected chi connectivity index (χ3v) is 7.94. The maximum absolute atomic E-state index is 14.2. The summed E-state index contributed by atoms with van der Waals surface area (Å²) in [6.07, 6.45) is 4.14. The summed E-state index contributed by atoms with van der Waals surface area (Å²) in [5.74, 6) is 0.158. The van der Waals surface area contributed by atoms with E-state index in [0.29, 0.717) is 30.1 Å².